The Labute approximate surface area is 290 Å². The first-order valence-electron chi connectivity index (χ1n) is 16.7. The van der Waals surface area contributed by atoms with E-state index < -0.39 is 27.8 Å². The summed E-state index contributed by atoms with van der Waals surface area (Å²) in [5.41, 5.74) is 6.02. The van der Waals surface area contributed by atoms with E-state index in [9.17, 15) is 18.0 Å². The summed E-state index contributed by atoms with van der Waals surface area (Å²) in [6.07, 6.45) is 1.49. The maximum absolute atomic E-state index is 14.2. The molecule has 9 heteroatoms. The lowest BCUT2D eigenvalue weighted by Gasteiger charge is -2.36. The van der Waals surface area contributed by atoms with Gasteiger partial charge in [-0.05, 0) is 124 Å². The van der Waals surface area contributed by atoms with E-state index in [2.05, 4.69) is 19.9 Å². The highest BCUT2D eigenvalue weighted by Gasteiger charge is 2.41. The number of nitrogens with zero attached hydrogens (tertiary/aromatic N) is 1. The molecule has 2 aliphatic rings. The van der Waals surface area contributed by atoms with Crippen molar-refractivity contribution in [3.63, 3.8) is 0 Å². The fraction of sp³-hybridized carbons (Fsp3) is 0.436. The van der Waals surface area contributed by atoms with Gasteiger partial charge in [-0.3, -0.25) is 4.79 Å². The van der Waals surface area contributed by atoms with Gasteiger partial charge in [0, 0.05) is 17.4 Å². The van der Waals surface area contributed by atoms with Crippen molar-refractivity contribution in [1.29, 1.82) is 0 Å². The van der Waals surface area contributed by atoms with Crippen LogP contribution >= 0.6 is 11.6 Å². The minimum absolute atomic E-state index is 0.0280. The van der Waals surface area contributed by atoms with Crippen LogP contribution < -0.4 is 0 Å². The zero-order valence-corrected chi connectivity index (χ0v) is 30.5. The lowest BCUT2D eigenvalue weighted by atomic mass is 9.82. The Balaban J connectivity index is 1.43. The average Bonchev–Trinajstić information content (AvgIpc) is 3.29. The first-order chi connectivity index (χ1) is 22.6. The monoisotopic (exact) mass is 691 g/mol. The third kappa shape index (κ3) is 7.65. The molecule has 0 N–H and O–H groups in total. The average molecular weight is 692 g/mol. The molecule has 0 spiro atoms. The third-order valence-corrected chi connectivity index (χ3v) is 11.0. The Hall–Kier alpha value is -3.62. The number of carbonyl (C=O) groups excluding carboxylic acids is 2. The first-order valence-corrected chi connectivity index (χ1v) is 18.5. The molecule has 7 nitrogen and oxygen atoms in total. The molecule has 5 rings (SSSR count). The number of hydrogen-bond acceptors (Lipinski definition) is 6. The molecule has 2 unspecified atom stereocenters. The highest BCUT2D eigenvalue weighted by molar-refractivity contribution is 7.89. The third-order valence-electron chi connectivity index (χ3n) is 8.94. The zero-order chi connectivity index (χ0) is 35.0. The number of aryl methyl sites for hydroxylation is 2. The van der Waals surface area contributed by atoms with Gasteiger partial charge in [-0.15, -0.1) is 0 Å². The summed E-state index contributed by atoms with van der Waals surface area (Å²) in [5.74, 6) is 0.918. The van der Waals surface area contributed by atoms with Crippen molar-refractivity contribution in [1.82, 2.24) is 4.31 Å². The number of fused-ring (bicyclic) bond motifs is 1. The van der Waals surface area contributed by atoms with Gasteiger partial charge in [-0.25, -0.2) is 13.2 Å². The van der Waals surface area contributed by atoms with E-state index in [1.807, 2.05) is 44.2 Å². The number of sulfonamides is 1. The van der Waals surface area contributed by atoms with Crippen molar-refractivity contribution in [2.45, 2.75) is 97.1 Å². The number of ketones is 1. The van der Waals surface area contributed by atoms with Gasteiger partial charge in [0.2, 0.25) is 0 Å². The number of amides is 1. The van der Waals surface area contributed by atoms with Crippen molar-refractivity contribution in [2.75, 3.05) is 6.61 Å². The van der Waals surface area contributed by atoms with E-state index in [1.54, 1.807) is 20.8 Å². The number of benzene rings is 3. The maximum Gasteiger partial charge on any atom is 0.424 e. The number of allylic oxidation sites excluding steroid dienone is 2. The SMILES string of the molecule is Cc1cccc(C)c1C1=C(OCC(C)C)CC(Cc2cccc3c2CCC(N(C(=O)OC(C)(C)C)S(=O)(=O)c2ccc(Cl)cc2)C3)C1=O. The van der Waals surface area contributed by atoms with Gasteiger partial charge >= 0.3 is 6.09 Å². The molecule has 48 heavy (non-hydrogen) atoms. The van der Waals surface area contributed by atoms with Crippen molar-refractivity contribution < 1.29 is 27.5 Å². The molecule has 2 atom stereocenters. The van der Waals surface area contributed by atoms with E-state index in [0.717, 1.165) is 43.4 Å². The van der Waals surface area contributed by atoms with Gasteiger partial charge in [0.15, 0.2) is 5.78 Å². The quantitative estimate of drug-likeness (QED) is 0.223. The molecule has 0 aliphatic heterocycles. The van der Waals surface area contributed by atoms with Crippen LogP contribution in [-0.4, -0.2) is 42.8 Å². The van der Waals surface area contributed by atoms with Crippen LogP contribution in [0.15, 0.2) is 71.3 Å². The molecular weight excluding hydrogens is 646 g/mol. The second-order valence-electron chi connectivity index (χ2n) is 14.4. The summed E-state index contributed by atoms with van der Waals surface area (Å²) in [5, 5.41) is 0.396. The van der Waals surface area contributed by atoms with Gasteiger partial charge < -0.3 is 9.47 Å². The number of carbonyl (C=O) groups is 2. The first kappa shape index (κ1) is 35.7. The minimum Gasteiger partial charge on any atom is -0.497 e. The summed E-state index contributed by atoms with van der Waals surface area (Å²) in [7, 11) is -4.25. The molecule has 256 valence electrons. The van der Waals surface area contributed by atoms with Gasteiger partial charge in [-0.1, -0.05) is 61.8 Å². The van der Waals surface area contributed by atoms with Gasteiger partial charge in [0.1, 0.15) is 11.4 Å². The molecule has 1 amide bonds. The molecule has 0 radical (unpaired) electrons. The predicted octanol–water partition coefficient (Wildman–Crippen LogP) is 8.66. The molecule has 0 fully saturated rings. The number of Topliss-reactive ketones (excluding diaryl/α,β-unsaturated/α-hetero) is 1. The Kier molecular flexibility index (Phi) is 10.5. The van der Waals surface area contributed by atoms with Crippen LogP contribution in [0, 0.1) is 25.7 Å². The molecule has 3 aromatic rings. The van der Waals surface area contributed by atoms with Crippen molar-refractivity contribution in [3.05, 3.63) is 105 Å². The van der Waals surface area contributed by atoms with Crippen LogP contribution in [0.2, 0.25) is 5.02 Å². The van der Waals surface area contributed by atoms with Gasteiger partial charge in [0.05, 0.1) is 23.1 Å². The number of rotatable bonds is 9. The predicted molar refractivity (Wildman–Crippen MR) is 189 cm³/mol. The molecular formula is C39H46ClNO6S. The molecule has 2 aliphatic carbocycles. The van der Waals surface area contributed by atoms with Crippen molar-refractivity contribution in [2.24, 2.45) is 11.8 Å². The Morgan fingerprint density at radius 1 is 0.979 bits per heavy atom. The molecule has 0 heterocycles. The molecule has 0 bridgehead atoms. The van der Waals surface area contributed by atoms with E-state index >= 15 is 0 Å². The molecule has 0 saturated carbocycles. The van der Waals surface area contributed by atoms with E-state index in [-0.39, 0.29) is 16.6 Å². The lowest BCUT2D eigenvalue weighted by molar-refractivity contribution is -0.116. The second kappa shape index (κ2) is 14.1. The number of halogens is 1. The standard InChI is InChI=1S/C39H46ClNO6S/c1-24(2)23-46-34-22-29(37(42)36(34)35-25(3)10-8-11-26(35)4)20-27-12-9-13-28-21-31(16-19-33(27)28)41(38(43)47-39(5,6)7)48(44,45)32-17-14-30(40)15-18-32/h8-15,17-18,24,29,31H,16,19-23H2,1-7H3. The van der Waals surface area contributed by atoms with Crippen LogP contribution in [0.25, 0.3) is 5.57 Å². The smallest absolute Gasteiger partial charge is 0.424 e. The fourth-order valence-corrected chi connectivity index (χ4v) is 8.43. The molecule has 0 aromatic heterocycles. The van der Waals surface area contributed by atoms with E-state index in [1.165, 1.54) is 24.3 Å². The van der Waals surface area contributed by atoms with E-state index in [0.29, 0.717) is 55.2 Å². The molecule has 0 saturated heterocycles. The summed E-state index contributed by atoms with van der Waals surface area (Å²) in [4.78, 5) is 27.7. The highest BCUT2D eigenvalue weighted by atomic mass is 35.5. The maximum atomic E-state index is 14.2. The number of hydrogen-bond donors (Lipinski definition) is 0. The summed E-state index contributed by atoms with van der Waals surface area (Å²) in [6, 6.07) is 17.2. The van der Waals surface area contributed by atoms with Crippen molar-refractivity contribution >= 4 is 39.1 Å². The normalized spacial score (nSPS) is 18.2. The van der Waals surface area contributed by atoms with Crippen LogP contribution in [0.1, 0.15) is 80.8 Å². The second-order valence-corrected chi connectivity index (χ2v) is 16.7. The Bertz CT molecular complexity index is 1820. The van der Waals surface area contributed by atoms with E-state index in [4.69, 9.17) is 21.1 Å². The number of ether oxygens (including phenoxy) is 2. The largest absolute Gasteiger partial charge is 0.497 e. The minimum atomic E-state index is -4.25. The summed E-state index contributed by atoms with van der Waals surface area (Å²) < 4.78 is 40.8. The topological polar surface area (TPSA) is 90.0 Å². The molecule has 3 aromatic carbocycles. The fourth-order valence-electron chi connectivity index (χ4n) is 6.79. The summed E-state index contributed by atoms with van der Waals surface area (Å²) >= 11 is 6.04. The highest BCUT2D eigenvalue weighted by Crippen LogP contribution is 2.41. The zero-order valence-electron chi connectivity index (χ0n) is 28.9. The Morgan fingerprint density at radius 2 is 1.62 bits per heavy atom. The van der Waals surface area contributed by atoms with Crippen molar-refractivity contribution in [3.8, 4) is 0 Å². The Morgan fingerprint density at radius 3 is 2.25 bits per heavy atom. The van der Waals surface area contributed by atoms with Gasteiger partial charge in [0.25, 0.3) is 10.0 Å². The van der Waals surface area contributed by atoms with Crippen LogP contribution in [0.5, 0.6) is 0 Å². The van der Waals surface area contributed by atoms with Crippen LogP contribution in [0.4, 0.5) is 4.79 Å². The summed E-state index contributed by atoms with van der Waals surface area (Å²) in [6.45, 7) is 13.9. The van der Waals surface area contributed by atoms with Gasteiger partial charge in [-0.2, -0.15) is 4.31 Å². The van der Waals surface area contributed by atoms with Crippen LogP contribution in [-0.2, 0) is 43.6 Å². The van der Waals surface area contributed by atoms with Crippen LogP contribution in [0.3, 0.4) is 0 Å². The lowest BCUT2D eigenvalue weighted by Crippen LogP contribution is -2.49.